The third-order valence-electron chi connectivity index (χ3n) is 2.41. The van der Waals surface area contributed by atoms with Crippen molar-refractivity contribution in [2.75, 3.05) is 43.7 Å². The van der Waals surface area contributed by atoms with Gasteiger partial charge in [0.15, 0.2) is 0 Å². The molecule has 1 aromatic carbocycles. The Balaban J connectivity index is 2.74. The predicted molar refractivity (Wildman–Crippen MR) is 76.3 cm³/mol. The second-order valence-corrected chi connectivity index (χ2v) is 5.76. The van der Waals surface area contributed by atoms with Gasteiger partial charge >= 0.3 is 0 Å². The molecule has 0 aliphatic carbocycles. The van der Waals surface area contributed by atoms with Gasteiger partial charge in [0.1, 0.15) is 0 Å². The third-order valence-corrected chi connectivity index (χ3v) is 3.19. The standard InChI is InChI=1S/C12H19N3O2S/c1-15(2)12(16)9-4-5-11(10(13)8-9)14-6-7-18(3)17/h4-5,8,14H,6-7,13H2,1-3H3. The van der Waals surface area contributed by atoms with Crippen LogP contribution in [0.3, 0.4) is 0 Å². The first-order valence-corrected chi connectivity index (χ1v) is 7.29. The van der Waals surface area contributed by atoms with Crippen LogP contribution in [0, 0.1) is 0 Å². The van der Waals surface area contributed by atoms with E-state index >= 15 is 0 Å². The van der Waals surface area contributed by atoms with Crippen molar-refractivity contribution >= 4 is 28.1 Å². The Morgan fingerprint density at radius 1 is 1.44 bits per heavy atom. The van der Waals surface area contributed by atoms with E-state index in [2.05, 4.69) is 5.32 Å². The van der Waals surface area contributed by atoms with Gasteiger partial charge in [0.05, 0.1) is 11.4 Å². The molecule has 0 heterocycles. The highest BCUT2D eigenvalue weighted by atomic mass is 32.2. The number of benzene rings is 1. The Morgan fingerprint density at radius 3 is 2.61 bits per heavy atom. The Hall–Kier alpha value is -1.56. The molecule has 1 rings (SSSR count). The molecular weight excluding hydrogens is 250 g/mol. The summed E-state index contributed by atoms with van der Waals surface area (Å²) in [7, 11) is 2.56. The zero-order valence-electron chi connectivity index (χ0n) is 10.9. The highest BCUT2D eigenvalue weighted by Crippen LogP contribution is 2.20. The Labute approximate surface area is 110 Å². The fourth-order valence-corrected chi connectivity index (χ4v) is 1.83. The molecule has 18 heavy (non-hydrogen) atoms. The van der Waals surface area contributed by atoms with Crippen LogP contribution in [0.15, 0.2) is 18.2 Å². The molecule has 0 radical (unpaired) electrons. The third kappa shape index (κ3) is 4.03. The zero-order valence-corrected chi connectivity index (χ0v) is 11.7. The number of nitrogen functional groups attached to an aromatic ring is 1. The quantitative estimate of drug-likeness (QED) is 0.774. The van der Waals surface area contributed by atoms with E-state index < -0.39 is 10.8 Å². The number of carbonyl (C=O) groups is 1. The van der Waals surface area contributed by atoms with Gasteiger partial charge in [-0.25, -0.2) is 0 Å². The molecule has 0 bridgehead atoms. The van der Waals surface area contributed by atoms with Crippen molar-refractivity contribution in [1.82, 2.24) is 4.90 Å². The van der Waals surface area contributed by atoms with Gasteiger partial charge in [-0.15, -0.1) is 0 Å². The molecule has 1 atom stereocenters. The molecule has 1 aromatic rings. The van der Waals surface area contributed by atoms with Crippen LogP contribution < -0.4 is 11.1 Å². The molecule has 0 aromatic heterocycles. The summed E-state index contributed by atoms with van der Waals surface area (Å²) < 4.78 is 10.9. The van der Waals surface area contributed by atoms with Crippen molar-refractivity contribution in [2.45, 2.75) is 0 Å². The maximum Gasteiger partial charge on any atom is 0.253 e. The van der Waals surface area contributed by atoms with Gasteiger partial charge in [0.25, 0.3) is 5.91 Å². The molecule has 5 nitrogen and oxygen atoms in total. The van der Waals surface area contributed by atoms with Crippen molar-refractivity contribution in [3.8, 4) is 0 Å². The molecular formula is C12H19N3O2S. The number of carbonyl (C=O) groups excluding carboxylic acids is 1. The van der Waals surface area contributed by atoms with Crippen molar-refractivity contribution in [2.24, 2.45) is 0 Å². The Bertz CT molecular complexity index is 461. The van der Waals surface area contributed by atoms with E-state index in [1.807, 2.05) is 0 Å². The van der Waals surface area contributed by atoms with Crippen LogP contribution in [-0.4, -0.2) is 47.7 Å². The number of nitrogens with one attached hydrogen (secondary N) is 1. The predicted octanol–water partition coefficient (Wildman–Crippen LogP) is 0.761. The summed E-state index contributed by atoms with van der Waals surface area (Å²) in [6.07, 6.45) is 1.66. The molecule has 0 fully saturated rings. The first-order valence-electron chi connectivity index (χ1n) is 5.57. The molecule has 1 amide bonds. The van der Waals surface area contributed by atoms with Gasteiger partial charge in [-0.05, 0) is 18.2 Å². The Kier molecular flexibility index (Phi) is 5.15. The number of rotatable bonds is 5. The van der Waals surface area contributed by atoms with E-state index in [0.29, 0.717) is 23.5 Å². The minimum atomic E-state index is -0.828. The minimum Gasteiger partial charge on any atom is -0.397 e. The van der Waals surface area contributed by atoms with E-state index in [1.165, 1.54) is 4.90 Å². The first kappa shape index (κ1) is 14.5. The highest BCUT2D eigenvalue weighted by molar-refractivity contribution is 7.84. The topological polar surface area (TPSA) is 75.4 Å². The smallest absolute Gasteiger partial charge is 0.253 e. The second-order valence-electron chi connectivity index (χ2n) is 4.21. The van der Waals surface area contributed by atoms with Gasteiger partial charge in [-0.3, -0.25) is 9.00 Å². The van der Waals surface area contributed by atoms with Crippen molar-refractivity contribution < 1.29 is 9.00 Å². The summed E-state index contributed by atoms with van der Waals surface area (Å²) in [5.74, 6) is 0.487. The number of nitrogens with two attached hydrogens (primary N) is 1. The highest BCUT2D eigenvalue weighted by Gasteiger charge is 2.09. The SMILES string of the molecule is CN(C)C(=O)c1ccc(NCCS(C)=O)c(N)c1. The maximum absolute atomic E-state index is 11.7. The van der Waals surface area contributed by atoms with Crippen LogP contribution in [0.2, 0.25) is 0 Å². The van der Waals surface area contributed by atoms with E-state index in [9.17, 15) is 9.00 Å². The molecule has 100 valence electrons. The molecule has 6 heteroatoms. The van der Waals surface area contributed by atoms with E-state index in [-0.39, 0.29) is 5.91 Å². The summed E-state index contributed by atoms with van der Waals surface area (Å²) in [4.78, 5) is 13.2. The maximum atomic E-state index is 11.7. The normalized spacial score (nSPS) is 11.9. The number of amides is 1. The van der Waals surface area contributed by atoms with Crippen LogP contribution in [-0.2, 0) is 10.8 Å². The zero-order chi connectivity index (χ0) is 13.7. The molecule has 0 saturated carbocycles. The second kappa shape index (κ2) is 6.39. The number of nitrogens with zero attached hydrogens (tertiary/aromatic N) is 1. The molecule has 3 N–H and O–H groups in total. The van der Waals surface area contributed by atoms with Crippen LogP contribution >= 0.6 is 0 Å². The average molecular weight is 269 g/mol. The summed E-state index contributed by atoms with van der Waals surface area (Å²) in [5.41, 5.74) is 7.70. The van der Waals surface area contributed by atoms with Gasteiger partial charge < -0.3 is 16.0 Å². The minimum absolute atomic E-state index is 0.0806. The average Bonchev–Trinajstić information content (AvgIpc) is 2.29. The van der Waals surface area contributed by atoms with Crippen molar-refractivity contribution in [3.05, 3.63) is 23.8 Å². The van der Waals surface area contributed by atoms with E-state index in [4.69, 9.17) is 5.73 Å². The van der Waals surface area contributed by atoms with Crippen LogP contribution in [0.25, 0.3) is 0 Å². The largest absolute Gasteiger partial charge is 0.397 e. The lowest BCUT2D eigenvalue weighted by atomic mass is 10.1. The Morgan fingerprint density at radius 2 is 2.11 bits per heavy atom. The van der Waals surface area contributed by atoms with Crippen LogP contribution in [0.1, 0.15) is 10.4 Å². The van der Waals surface area contributed by atoms with Crippen LogP contribution in [0.5, 0.6) is 0 Å². The molecule has 0 saturated heterocycles. The van der Waals surface area contributed by atoms with Crippen molar-refractivity contribution in [1.29, 1.82) is 0 Å². The lowest BCUT2D eigenvalue weighted by molar-refractivity contribution is 0.0827. The van der Waals surface area contributed by atoms with E-state index in [0.717, 1.165) is 5.69 Å². The number of hydrogen-bond donors (Lipinski definition) is 2. The number of anilines is 2. The van der Waals surface area contributed by atoms with Crippen LogP contribution in [0.4, 0.5) is 11.4 Å². The number of hydrogen-bond acceptors (Lipinski definition) is 4. The van der Waals surface area contributed by atoms with Gasteiger partial charge in [-0.1, -0.05) is 0 Å². The summed E-state index contributed by atoms with van der Waals surface area (Å²) in [5, 5.41) is 3.10. The summed E-state index contributed by atoms with van der Waals surface area (Å²) in [6, 6.07) is 5.14. The molecule has 1 unspecified atom stereocenters. The van der Waals surface area contributed by atoms with Crippen molar-refractivity contribution in [3.63, 3.8) is 0 Å². The fraction of sp³-hybridized carbons (Fsp3) is 0.417. The van der Waals surface area contributed by atoms with E-state index in [1.54, 1.807) is 38.6 Å². The lowest BCUT2D eigenvalue weighted by Crippen LogP contribution is -2.21. The van der Waals surface area contributed by atoms with Gasteiger partial charge in [0.2, 0.25) is 0 Å². The molecule has 0 aliphatic heterocycles. The first-order chi connectivity index (χ1) is 8.41. The summed E-state index contributed by atoms with van der Waals surface area (Å²) >= 11 is 0. The summed E-state index contributed by atoms with van der Waals surface area (Å²) in [6.45, 7) is 0.592. The van der Waals surface area contributed by atoms with Gasteiger partial charge in [-0.2, -0.15) is 0 Å². The van der Waals surface area contributed by atoms with Gasteiger partial charge in [0, 0.05) is 49.0 Å². The lowest BCUT2D eigenvalue weighted by Gasteiger charge is -2.13. The monoisotopic (exact) mass is 269 g/mol. The molecule has 0 aliphatic rings. The molecule has 0 spiro atoms. The fourth-order valence-electron chi connectivity index (χ4n) is 1.44.